The molecule has 0 fully saturated rings. The Balaban J connectivity index is 1.58. The Morgan fingerprint density at radius 2 is 1.62 bits per heavy atom. The molecule has 0 radical (unpaired) electrons. The number of fused-ring (bicyclic) bond motifs is 6. The Morgan fingerprint density at radius 1 is 0.862 bits per heavy atom. The first-order chi connectivity index (χ1) is 14.1. The summed E-state index contributed by atoms with van der Waals surface area (Å²) in [5.41, 5.74) is 8.53. The highest BCUT2D eigenvalue weighted by molar-refractivity contribution is 8.03. The third-order valence-corrected chi connectivity index (χ3v) is 8.51. The zero-order valence-corrected chi connectivity index (χ0v) is 18.0. The van der Waals surface area contributed by atoms with E-state index < -0.39 is 0 Å². The zero-order chi connectivity index (χ0) is 19.8. The van der Waals surface area contributed by atoms with Gasteiger partial charge in [-0.25, -0.2) is 0 Å². The van der Waals surface area contributed by atoms with Crippen LogP contribution >= 0.6 is 23.4 Å². The number of hydrogen-bond donors (Lipinski definition) is 0. The molecule has 2 unspecified atom stereocenters. The lowest BCUT2D eigenvalue weighted by Crippen LogP contribution is -2.16. The molecular weight excluding hydrogens is 392 g/mol. The number of rotatable bonds is 1. The van der Waals surface area contributed by atoms with Crippen molar-refractivity contribution < 1.29 is 0 Å². The van der Waals surface area contributed by atoms with E-state index in [1.165, 1.54) is 43.2 Å². The molecule has 3 aromatic carbocycles. The summed E-state index contributed by atoms with van der Waals surface area (Å²) in [6, 6.07) is 22.2. The molecule has 0 nitrogen and oxygen atoms in total. The van der Waals surface area contributed by atoms with E-state index in [9.17, 15) is 0 Å². The molecule has 29 heavy (non-hydrogen) atoms. The van der Waals surface area contributed by atoms with E-state index in [1.54, 1.807) is 0 Å². The van der Waals surface area contributed by atoms with E-state index in [-0.39, 0.29) is 5.41 Å². The second kappa shape index (κ2) is 6.14. The van der Waals surface area contributed by atoms with Crippen molar-refractivity contribution >= 4 is 23.4 Å². The van der Waals surface area contributed by atoms with Crippen molar-refractivity contribution in [3.8, 4) is 11.1 Å². The molecular formula is C27H21ClS. The summed E-state index contributed by atoms with van der Waals surface area (Å²) >= 11 is 8.40. The lowest BCUT2D eigenvalue weighted by molar-refractivity contribution is 0.657. The second-order valence-corrected chi connectivity index (χ2v) is 10.1. The van der Waals surface area contributed by atoms with Crippen molar-refractivity contribution in [3.63, 3.8) is 0 Å². The lowest BCUT2D eigenvalue weighted by atomic mass is 9.75. The summed E-state index contributed by atoms with van der Waals surface area (Å²) in [6.07, 6.45) is 6.88. The minimum absolute atomic E-state index is 0.0324. The lowest BCUT2D eigenvalue weighted by Gasteiger charge is -2.28. The maximum atomic E-state index is 6.56. The second-order valence-electron chi connectivity index (χ2n) is 8.66. The number of hydrogen-bond acceptors (Lipinski definition) is 1. The molecule has 2 heteroatoms. The average molecular weight is 413 g/mol. The predicted octanol–water partition coefficient (Wildman–Crippen LogP) is 8.07. The number of allylic oxidation sites excluding steroid dienone is 4. The van der Waals surface area contributed by atoms with Crippen LogP contribution in [0.25, 0.3) is 11.1 Å². The first-order valence-electron chi connectivity index (χ1n) is 10.2. The quantitative estimate of drug-likeness (QED) is 0.389. The van der Waals surface area contributed by atoms with Gasteiger partial charge in [-0.15, -0.1) is 0 Å². The van der Waals surface area contributed by atoms with E-state index in [4.69, 9.17) is 11.6 Å². The summed E-state index contributed by atoms with van der Waals surface area (Å²) in [4.78, 5) is 2.64. The maximum Gasteiger partial charge on any atom is 0.0548 e. The Hall–Kier alpha value is -2.22. The average Bonchev–Trinajstić information content (AvgIpc) is 3.23. The van der Waals surface area contributed by atoms with Crippen molar-refractivity contribution in [2.75, 3.05) is 0 Å². The molecule has 2 atom stereocenters. The van der Waals surface area contributed by atoms with E-state index in [0.717, 1.165) is 5.02 Å². The first-order valence-corrected chi connectivity index (χ1v) is 11.3. The summed E-state index contributed by atoms with van der Waals surface area (Å²) in [6.45, 7) is 4.70. The molecule has 0 saturated carbocycles. The number of thioether (sulfide) groups is 1. The van der Waals surface area contributed by atoms with Crippen LogP contribution in [0.1, 0.15) is 47.9 Å². The smallest absolute Gasteiger partial charge is 0.0548 e. The fourth-order valence-corrected chi connectivity index (χ4v) is 7.00. The molecule has 0 N–H and O–H groups in total. The van der Waals surface area contributed by atoms with Gasteiger partial charge in [0.2, 0.25) is 0 Å². The fourth-order valence-electron chi connectivity index (χ4n) is 5.45. The van der Waals surface area contributed by atoms with Crippen molar-refractivity contribution in [3.05, 3.63) is 111 Å². The van der Waals surface area contributed by atoms with E-state index in [0.29, 0.717) is 11.8 Å². The van der Waals surface area contributed by atoms with Gasteiger partial charge in [-0.1, -0.05) is 110 Å². The summed E-state index contributed by atoms with van der Waals surface area (Å²) in [5, 5.41) is 0.867. The van der Waals surface area contributed by atoms with E-state index in [1.807, 2.05) is 17.8 Å². The molecule has 0 bridgehead atoms. The minimum atomic E-state index is 0.0324. The molecule has 0 aromatic heterocycles. The summed E-state index contributed by atoms with van der Waals surface area (Å²) < 4.78 is 0. The molecule has 0 saturated heterocycles. The highest BCUT2D eigenvalue weighted by Crippen LogP contribution is 2.60. The Morgan fingerprint density at radius 3 is 2.52 bits per heavy atom. The molecule has 1 aliphatic heterocycles. The summed E-state index contributed by atoms with van der Waals surface area (Å²) in [7, 11) is 0. The van der Waals surface area contributed by atoms with Crippen LogP contribution in [0.15, 0.2) is 88.7 Å². The molecule has 0 amide bonds. The van der Waals surface area contributed by atoms with Gasteiger partial charge in [0, 0.05) is 22.1 Å². The Bertz CT molecular complexity index is 1230. The highest BCUT2D eigenvalue weighted by Gasteiger charge is 2.41. The highest BCUT2D eigenvalue weighted by atomic mass is 35.5. The Labute approximate surface area is 181 Å². The van der Waals surface area contributed by atoms with Crippen LogP contribution in [0.3, 0.4) is 0 Å². The van der Waals surface area contributed by atoms with Crippen LogP contribution in [-0.4, -0.2) is 0 Å². The molecule has 6 rings (SSSR count). The largest absolute Gasteiger partial charge is 0.0920 e. The third kappa shape index (κ3) is 2.35. The van der Waals surface area contributed by atoms with E-state index >= 15 is 0 Å². The molecule has 142 valence electrons. The Kier molecular flexibility index (Phi) is 3.73. The van der Waals surface area contributed by atoms with E-state index in [2.05, 4.69) is 86.7 Å². The van der Waals surface area contributed by atoms with Crippen LogP contribution in [0.4, 0.5) is 0 Å². The monoisotopic (exact) mass is 412 g/mol. The van der Waals surface area contributed by atoms with Crippen molar-refractivity contribution in [2.24, 2.45) is 0 Å². The molecule has 3 aliphatic rings. The normalized spacial score (nSPS) is 22.5. The predicted molar refractivity (Wildman–Crippen MR) is 124 cm³/mol. The number of halogens is 1. The van der Waals surface area contributed by atoms with Crippen LogP contribution in [0.2, 0.25) is 5.02 Å². The van der Waals surface area contributed by atoms with Crippen LogP contribution in [0.5, 0.6) is 0 Å². The van der Waals surface area contributed by atoms with Crippen molar-refractivity contribution in [1.29, 1.82) is 0 Å². The standard InChI is InChI=1S/C27H21ClS/c1-27(2)20-12-4-3-8-18(20)24-16(9-5-13-21(24)27)17-10-7-15-23-25(17)19-11-6-14-22(28)26(19)29-23/h3-15,17,25H,1-2H3. The zero-order valence-electron chi connectivity index (χ0n) is 16.4. The van der Waals surface area contributed by atoms with Crippen molar-refractivity contribution in [1.82, 2.24) is 0 Å². The van der Waals surface area contributed by atoms with Gasteiger partial charge >= 0.3 is 0 Å². The van der Waals surface area contributed by atoms with Gasteiger partial charge < -0.3 is 0 Å². The van der Waals surface area contributed by atoms with Gasteiger partial charge in [0.1, 0.15) is 0 Å². The first kappa shape index (κ1) is 17.6. The van der Waals surface area contributed by atoms with Gasteiger partial charge in [0.25, 0.3) is 0 Å². The molecule has 3 aromatic rings. The topological polar surface area (TPSA) is 0 Å². The van der Waals surface area contributed by atoms with Crippen LogP contribution in [0, 0.1) is 0 Å². The van der Waals surface area contributed by atoms with Crippen LogP contribution < -0.4 is 0 Å². The van der Waals surface area contributed by atoms with Gasteiger partial charge in [-0.3, -0.25) is 0 Å². The minimum Gasteiger partial charge on any atom is -0.0920 e. The number of benzene rings is 3. The van der Waals surface area contributed by atoms with Gasteiger partial charge in [-0.2, -0.15) is 0 Å². The van der Waals surface area contributed by atoms with Gasteiger partial charge in [0.15, 0.2) is 0 Å². The van der Waals surface area contributed by atoms with Crippen LogP contribution in [-0.2, 0) is 5.41 Å². The maximum absolute atomic E-state index is 6.56. The van der Waals surface area contributed by atoms with Gasteiger partial charge in [0.05, 0.1) is 5.02 Å². The molecule has 2 aliphatic carbocycles. The van der Waals surface area contributed by atoms with Crippen molar-refractivity contribution in [2.45, 2.75) is 36.0 Å². The SMILES string of the molecule is CC1(C)c2ccccc2-c2c(C3C=CC=C4Sc5c(Cl)cccc5C43)cccc21. The fraction of sp³-hybridized carbons (Fsp3) is 0.185. The third-order valence-electron chi connectivity index (χ3n) is 6.80. The summed E-state index contributed by atoms with van der Waals surface area (Å²) in [5.74, 6) is 0.667. The molecule has 0 spiro atoms. The molecule has 1 heterocycles. The van der Waals surface area contributed by atoms with Gasteiger partial charge in [-0.05, 0) is 44.4 Å².